The summed E-state index contributed by atoms with van der Waals surface area (Å²) in [5.41, 5.74) is 4.96. The van der Waals surface area contributed by atoms with Crippen LogP contribution in [0.25, 0.3) is 10.9 Å². The van der Waals surface area contributed by atoms with E-state index in [0.29, 0.717) is 10.9 Å². The second kappa shape index (κ2) is 5.83. The van der Waals surface area contributed by atoms with E-state index in [1.54, 1.807) is 24.3 Å². The molecular weight excluding hydrogens is 264 g/mol. The molecule has 0 aliphatic rings. The molecule has 1 aromatic heterocycles. The molecule has 0 unspecified atom stereocenters. The first kappa shape index (κ1) is 13.5. The van der Waals surface area contributed by atoms with Gasteiger partial charge in [-0.3, -0.25) is 25.5 Å². The molecule has 0 saturated carbocycles. The summed E-state index contributed by atoms with van der Waals surface area (Å²) >= 11 is 0. The van der Waals surface area contributed by atoms with Crippen LogP contribution >= 0.6 is 0 Å². The van der Waals surface area contributed by atoms with Gasteiger partial charge in [-0.1, -0.05) is 18.2 Å². The normalized spacial score (nSPS) is 10.1. The van der Waals surface area contributed by atoms with Crippen molar-refractivity contribution >= 4 is 28.7 Å². The van der Waals surface area contributed by atoms with Crippen LogP contribution < -0.4 is 10.9 Å². The number of nitrogens with one attached hydrogen (secondary N) is 3. The van der Waals surface area contributed by atoms with E-state index in [1.165, 1.54) is 6.92 Å². The molecule has 0 bridgehead atoms. The lowest BCUT2D eigenvalue weighted by Crippen LogP contribution is -2.42. The second-order valence-corrected chi connectivity index (χ2v) is 3.92. The molecular formula is C12H12N4O4. The predicted octanol–water partition coefficient (Wildman–Crippen LogP) is -0.113. The quantitative estimate of drug-likeness (QED) is 0.534. The standard InChI is InChI=1S/C12H12N4O4/c1-7(17)13-15-10(18)6-20-12(19)11-8-4-2-3-5-9(8)14-16-11/h2-5H,6H2,1H3,(H,13,17)(H,14,16)(H,15,18). The van der Waals surface area contributed by atoms with Crippen LogP contribution in [0, 0.1) is 0 Å². The Morgan fingerprint density at radius 1 is 1.25 bits per heavy atom. The van der Waals surface area contributed by atoms with Gasteiger partial charge in [-0.25, -0.2) is 4.79 Å². The van der Waals surface area contributed by atoms with Gasteiger partial charge in [-0.15, -0.1) is 0 Å². The van der Waals surface area contributed by atoms with Gasteiger partial charge >= 0.3 is 5.97 Å². The number of para-hydroxylation sites is 1. The molecule has 0 atom stereocenters. The fourth-order valence-electron chi connectivity index (χ4n) is 1.51. The highest BCUT2D eigenvalue weighted by Crippen LogP contribution is 2.15. The zero-order valence-corrected chi connectivity index (χ0v) is 10.6. The lowest BCUT2D eigenvalue weighted by atomic mass is 10.2. The third kappa shape index (κ3) is 3.10. The van der Waals surface area contributed by atoms with Crippen molar-refractivity contribution in [3.8, 4) is 0 Å². The number of benzene rings is 1. The van der Waals surface area contributed by atoms with Gasteiger partial charge in [0.25, 0.3) is 5.91 Å². The first-order valence-corrected chi connectivity index (χ1v) is 5.73. The van der Waals surface area contributed by atoms with Crippen LogP contribution in [-0.2, 0) is 14.3 Å². The molecule has 0 saturated heterocycles. The number of amides is 2. The van der Waals surface area contributed by atoms with Crippen LogP contribution in [0.5, 0.6) is 0 Å². The molecule has 3 N–H and O–H groups in total. The van der Waals surface area contributed by atoms with E-state index in [1.807, 2.05) is 0 Å². The molecule has 8 nitrogen and oxygen atoms in total. The number of carbonyl (C=O) groups excluding carboxylic acids is 3. The van der Waals surface area contributed by atoms with E-state index in [2.05, 4.69) is 21.0 Å². The largest absolute Gasteiger partial charge is 0.451 e. The van der Waals surface area contributed by atoms with Crippen LogP contribution in [0.3, 0.4) is 0 Å². The SMILES string of the molecule is CC(=O)NNC(=O)COC(=O)c1n[nH]c2ccccc12. The maximum absolute atomic E-state index is 11.8. The Morgan fingerprint density at radius 2 is 2.00 bits per heavy atom. The Morgan fingerprint density at radius 3 is 2.75 bits per heavy atom. The van der Waals surface area contributed by atoms with Crippen molar-refractivity contribution in [1.82, 2.24) is 21.0 Å². The molecule has 0 aliphatic heterocycles. The number of aromatic nitrogens is 2. The number of esters is 1. The molecule has 1 aromatic carbocycles. The molecule has 2 amide bonds. The van der Waals surface area contributed by atoms with Gasteiger partial charge in [0.05, 0.1) is 5.52 Å². The minimum absolute atomic E-state index is 0.105. The number of hydrazine groups is 1. The molecule has 8 heteroatoms. The Balaban J connectivity index is 1.95. The summed E-state index contributed by atoms with van der Waals surface area (Å²) in [4.78, 5) is 33.6. The van der Waals surface area contributed by atoms with Crippen molar-refractivity contribution in [2.75, 3.05) is 6.61 Å². The Hall–Kier alpha value is -2.90. The zero-order valence-electron chi connectivity index (χ0n) is 10.6. The van der Waals surface area contributed by atoms with E-state index >= 15 is 0 Å². The number of rotatable bonds is 3. The number of nitrogens with zero attached hydrogens (tertiary/aromatic N) is 1. The summed E-state index contributed by atoms with van der Waals surface area (Å²) in [6.07, 6.45) is 0. The summed E-state index contributed by atoms with van der Waals surface area (Å²) in [7, 11) is 0. The van der Waals surface area contributed by atoms with Crippen LogP contribution in [-0.4, -0.2) is 34.6 Å². The van der Waals surface area contributed by atoms with E-state index in [9.17, 15) is 14.4 Å². The molecule has 20 heavy (non-hydrogen) atoms. The summed E-state index contributed by atoms with van der Waals surface area (Å²) in [5.74, 6) is -1.79. The monoisotopic (exact) mass is 276 g/mol. The lowest BCUT2D eigenvalue weighted by molar-refractivity contribution is -0.129. The highest BCUT2D eigenvalue weighted by molar-refractivity contribution is 6.02. The maximum Gasteiger partial charge on any atom is 0.359 e. The Labute approximate surface area is 113 Å². The number of H-pyrrole nitrogens is 1. The average molecular weight is 276 g/mol. The molecule has 2 rings (SSSR count). The number of ether oxygens (including phenoxy) is 1. The summed E-state index contributed by atoms with van der Waals surface area (Å²) in [5, 5.41) is 7.15. The lowest BCUT2D eigenvalue weighted by Gasteiger charge is -2.05. The summed E-state index contributed by atoms with van der Waals surface area (Å²) in [6.45, 7) is 0.725. The van der Waals surface area contributed by atoms with E-state index in [0.717, 1.165) is 0 Å². The van der Waals surface area contributed by atoms with Gasteiger partial charge in [0, 0.05) is 12.3 Å². The summed E-state index contributed by atoms with van der Waals surface area (Å²) in [6, 6.07) is 7.05. The molecule has 0 fully saturated rings. The number of carbonyl (C=O) groups is 3. The number of fused-ring (bicyclic) bond motifs is 1. The number of hydrogen-bond acceptors (Lipinski definition) is 5. The van der Waals surface area contributed by atoms with Gasteiger partial charge in [0.2, 0.25) is 5.91 Å². The molecule has 0 spiro atoms. The maximum atomic E-state index is 11.8. The highest BCUT2D eigenvalue weighted by atomic mass is 16.5. The predicted molar refractivity (Wildman–Crippen MR) is 68.3 cm³/mol. The highest BCUT2D eigenvalue weighted by Gasteiger charge is 2.16. The molecule has 104 valence electrons. The van der Waals surface area contributed by atoms with E-state index in [-0.39, 0.29) is 5.69 Å². The minimum Gasteiger partial charge on any atom is -0.451 e. The van der Waals surface area contributed by atoms with Crippen molar-refractivity contribution in [3.63, 3.8) is 0 Å². The second-order valence-electron chi connectivity index (χ2n) is 3.92. The van der Waals surface area contributed by atoms with Crippen LogP contribution in [0.2, 0.25) is 0 Å². The van der Waals surface area contributed by atoms with Crippen molar-refractivity contribution < 1.29 is 19.1 Å². The van der Waals surface area contributed by atoms with Gasteiger partial charge < -0.3 is 4.74 Å². The molecule has 1 heterocycles. The van der Waals surface area contributed by atoms with E-state index < -0.39 is 24.4 Å². The van der Waals surface area contributed by atoms with Crippen molar-refractivity contribution in [3.05, 3.63) is 30.0 Å². The van der Waals surface area contributed by atoms with Crippen LogP contribution in [0.1, 0.15) is 17.4 Å². The van der Waals surface area contributed by atoms with Crippen molar-refractivity contribution in [2.24, 2.45) is 0 Å². The summed E-state index contributed by atoms with van der Waals surface area (Å²) < 4.78 is 4.80. The Bertz CT molecular complexity index is 664. The molecule has 0 aliphatic carbocycles. The third-order valence-corrected chi connectivity index (χ3v) is 2.38. The first-order chi connectivity index (χ1) is 9.58. The average Bonchev–Trinajstić information content (AvgIpc) is 2.86. The zero-order chi connectivity index (χ0) is 14.5. The van der Waals surface area contributed by atoms with Crippen LogP contribution in [0.15, 0.2) is 24.3 Å². The topological polar surface area (TPSA) is 113 Å². The fraction of sp³-hybridized carbons (Fsp3) is 0.167. The van der Waals surface area contributed by atoms with Gasteiger partial charge in [0.15, 0.2) is 12.3 Å². The smallest absolute Gasteiger partial charge is 0.359 e. The number of hydrogen-bond donors (Lipinski definition) is 3. The van der Waals surface area contributed by atoms with E-state index in [4.69, 9.17) is 4.74 Å². The molecule has 2 aromatic rings. The first-order valence-electron chi connectivity index (χ1n) is 5.73. The van der Waals surface area contributed by atoms with Gasteiger partial charge in [-0.05, 0) is 6.07 Å². The van der Waals surface area contributed by atoms with Crippen molar-refractivity contribution in [1.29, 1.82) is 0 Å². The molecule has 0 radical (unpaired) electrons. The third-order valence-electron chi connectivity index (χ3n) is 2.38. The fourth-order valence-corrected chi connectivity index (χ4v) is 1.51. The Kier molecular flexibility index (Phi) is 3.94. The van der Waals surface area contributed by atoms with Crippen molar-refractivity contribution in [2.45, 2.75) is 6.92 Å². The van der Waals surface area contributed by atoms with Gasteiger partial charge in [-0.2, -0.15) is 5.10 Å². The van der Waals surface area contributed by atoms with Crippen LogP contribution in [0.4, 0.5) is 0 Å². The number of aromatic amines is 1. The minimum atomic E-state index is -0.722. The van der Waals surface area contributed by atoms with Gasteiger partial charge in [0.1, 0.15) is 0 Å².